The van der Waals surface area contributed by atoms with Gasteiger partial charge in [0.2, 0.25) is 0 Å². The molecule has 2 aromatic rings. The van der Waals surface area contributed by atoms with Crippen LogP contribution in [0.3, 0.4) is 0 Å². The summed E-state index contributed by atoms with van der Waals surface area (Å²) < 4.78 is 1.91. The van der Waals surface area contributed by atoms with Gasteiger partial charge in [-0.3, -0.25) is 16.0 Å². The van der Waals surface area contributed by atoms with E-state index in [1.54, 1.807) is 6.33 Å². The molecule has 1 aromatic carbocycles. The first-order valence-corrected chi connectivity index (χ1v) is 7.11. The Bertz CT molecular complexity index is 535. The molecule has 1 atom stereocenters. The summed E-state index contributed by atoms with van der Waals surface area (Å²) in [7, 11) is 0. The molecule has 0 aliphatic heterocycles. The first-order chi connectivity index (χ1) is 9.72. The maximum atomic E-state index is 5.67. The first kappa shape index (κ1) is 14.7. The highest BCUT2D eigenvalue weighted by molar-refractivity contribution is 5.22. The molecule has 0 spiro atoms. The molecule has 0 bridgehead atoms. The fraction of sp³-hybridized carbons (Fsp3) is 0.467. The van der Waals surface area contributed by atoms with Gasteiger partial charge in [0.05, 0.1) is 0 Å². The van der Waals surface area contributed by atoms with Crippen molar-refractivity contribution in [3.63, 3.8) is 0 Å². The lowest BCUT2D eigenvalue weighted by Crippen LogP contribution is -2.37. The van der Waals surface area contributed by atoms with Crippen LogP contribution in [0, 0.1) is 6.92 Å². The topological polar surface area (TPSA) is 68.8 Å². The Labute approximate surface area is 120 Å². The molecule has 0 amide bonds. The number of aryl methyl sites for hydroxylation is 3. The van der Waals surface area contributed by atoms with Crippen LogP contribution >= 0.6 is 0 Å². The summed E-state index contributed by atoms with van der Waals surface area (Å²) in [6.45, 7) is 5.02. The van der Waals surface area contributed by atoms with Crippen LogP contribution in [0.2, 0.25) is 0 Å². The van der Waals surface area contributed by atoms with Gasteiger partial charge < -0.3 is 0 Å². The van der Waals surface area contributed by atoms with Crippen molar-refractivity contribution in [1.82, 2.24) is 20.2 Å². The monoisotopic (exact) mass is 273 g/mol. The van der Waals surface area contributed by atoms with Crippen LogP contribution in [0.25, 0.3) is 0 Å². The average Bonchev–Trinajstić information content (AvgIpc) is 2.90. The van der Waals surface area contributed by atoms with Crippen molar-refractivity contribution >= 4 is 0 Å². The fourth-order valence-electron chi connectivity index (χ4n) is 2.38. The van der Waals surface area contributed by atoms with Gasteiger partial charge in [-0.25, -0.2) is 4.98 Å². The van der Waals surface area contributed by atoms with Crippen molar-refractivity contribution in [1.29, 1.82) is 0 Å². The Hall–Kier alpha value is -1.72. The Balaban J connectivity index is 1.92. The van der Waals surface area contributed by atoms with Gasteiger partial charge in [-0.05, 0) is 32.3 Å². The van der Waals surface area contributed by atoms with E-state index in [4.69, 9.17) is 5.84 Å². The van der Waals surface area contributed by atoms with Crippen molar-refractivity contribution in [2.75, 3.05) is 0 Å². The summed E-state index contributed by atoms with van der Waals surface area (Å²) in [4.78, 5) is 4.30. The van der Waals surface area contributed by atoms with Crippen LogP contribution in [0.5, 0.6) is 0 Å². The molecule has 3 N–H and O–H groups in total. The van der Waals surface area contributed by atoms with Crippen molar-refractivity contribution in [2.45, 2.75) is 45.7 Å². The predicted octanol–water partition coefficient (Wildman–Crippen LogP) is 1.61. The molecular formula is C15H23N5. The van der Waals surface area contributed by atoms with Gasteiger partial charge in [0.1, 0.15) is 12.2 Å². The molecule has 1 unspecified atom stereocenters. The summed E-state index contributed by atoms with van der Waals surface area (Å²) in [6.07, 6.45) is 4.40. The number of benzene rings is 1. The van der Waals surface area contributed by atoms with Gasteiger partial charge in [-0.15, -0.1) is 0 Å². The Morgan fingerprint density at radius 2 is 2.25 bits per heavy atom. The molecule has 108 valence electrons. The third-order valence-corrected chi connectivity index (χ3v) is 3.52. The molecule has 1 heterocycles. The molecule has 20 heavy (non-hydrogen) atoms. The minimum absolute atomic E-state index is 0.213. The van der Waals surface area contributed by atoms with Gasteiger partial charge in [-0.1, -0.05) is 29.8 Å². The van der Waals surface area contributed by atoms with Crippen LogP contribution < -0.4 is 11.3 Å². The van der Waals surface area contributed by atoms with Crippen molar-refractivity contribution in [2.24, 2.45) is 5.84 Å². The highest BCUT2D eigenvalue weighted by Crippen LogP contribution is 2.10. The number of hydrogen-bond donors (Lipinski definition) is 2. The van der Waals surface area contributed by atoms with Crippen LogP contribution in [0.4, 0.5) is 0 Å². The number of nitrogens with zero attached hydrogens (tertiary/aromatic N) is 3. The summed E-state index contributed by atoms with van der Waals surface area (Å²) in [5.41, 5.74) is 5.54. The van der Waals surface area contributed by atoms with Gasteiger partial charge in [-0.2, -0.15) is 5.10 Å². The van der Waals surface area contributed by atoms with E-state index in [0.717, 1.165) is 31.6 Å². The summed E-state index contributed by atoms with van der Waals surface area (Å²) in [5, 5.41) is 4.19. The molecule has 0 saturated carbocycles. The second-order valence-electron chi connectivity index (χ2n) is 5.09. The average molecular weight is 273 g/mol. The molecule has 0 aliphatic rings. The van der Waals surface area contributed by atoms with E-state index in [-0.39, 0.29) is 6.04 Å². The highest BCUT2D eigenvalue weighted by atomic mass is 15.3. The SMILES string of the molecule is CCn1ncnc1CC(CCc1cccc(C)c1)NN. The third kappa shape index (κ3) is 3.88. The highest BCUT2D eigenvalue weighted by Gasteiger charge is 2.12. The maximum absolute atomic E-state index is 5.67. The second-order valence-corrected chi connectivity index (χ2v) is 5.09. The number of aromatic nitrogens is 3. The molecule has 0 aliphatic carbocycles. The number of hydrazine groups is 1. The van der Waals surface area contributed by atoms with Gasteiger partial charge in [0.15, 0.2) is 0 Å². The summed E-state index contributed by atoms with van der Waals surface area (Å²) in [6, 6.07) is 8.82. The minimum Gasteiger partial charge on any atom is -0.271 e. The van der Waals surface area contributed by atoms with Gasteiger partial charge in [0.25, 0.3) is 0 Å². The van der Waals surface area contributed by atoms with Gasteiger partial charge >= 0.3 is 0 Å². The molecule has 5 nitrogen and oxygen atoms in total. The van der Waals surface area contributed by atoms with E-state index < -0.39 is 0 Å². The van der Waals surface area contributed by atoms with E-state index in [9.17, 15) is 0 Å². The molecule has 0 fully saturated rings. The van der Waals surface area contributed by atoms with Crippen LogP contribution in [-0.2, 0) is 19.4 Å². The van der Waals surface area contributed by atoms with Crippen LogP contribution in [0.1, 0.15) is 30.3 Å². The van der Waals surface area contributed by atoms with Crippen molar-refractivity contribution in [3.8, 4) is 0 Å². The molecule has 0 radical (unpaired) electrons. The largest absolute Gasteiger partial charge is 0.271 e. The van der Waals surface area contributed by atoms with E-state index >= 15 is 0 Å². The number of nitrogens with two attached hydrogens (primary N) is 1. The number of nitrogens with one attached hydrogen (secondary N) is 1. The normalized spacial score (nSPS) is 12.6. The van der Waals surface area contributed by atoms with Crippen molar-refractivity contribution < 1.29 is 0 Å². The molecular weight excluding hydrogens is 250 g/mol. The van der Waals surface area contributed by atoms with E-state index in [2.05, 4.69) is 53.6 Å². The smallest absolute Gasteiger partial charge is 0.138 e. The lowest BCUT2D eigenvalue weighted by molar-refractivity contribution is 0.466. The number of hydrogen-bond acceptors (Lipinski definition) is 4. The molecule has 2 rings (SSSR count). The number of rotatable bonds is 7. The standard InChI is InChI=1S/C15H23N5/c1-3-20-15(17-11-18-20)10-14(19-16)8-7-13-6-4-5-12(2)9-13/h4-6,9,11,14,19H,3,7-8,10,16H2,1-2H3. The quantitative estimate of drug-likeness (QED) is 0.594. The summed E-state index contributed by atoms with van der Waals surface area (Å²) >= 11 is 0. The predicted molar refractivity (Wildman–Crippen MR) is 80.0 cm³/mol. The molecule has 1 aromatic heterocycles. The zero-order chi connectivity index (χ0) is 14.4. The Kier molecular flexibility index (Phi) is 5.26. The third-order valence-electron chi connectivity index (χ3n) is 3.52. The lowest BCUT2D eigenvalue weighted by Gasteiger charge is -2.15. The maximum Gasteiger partial charge on any atom is 0.138 e. The van der Waals surface area contributed by atoms with Crippen molar-refractivity contribution in [3.05, 3.63) is 47.5 Å². The Morgan fingerprint density at radius 3 is 2.95 bits per heavy atom. The van der Waals surface area contributed by atoms with Crippen LogP contribution in [-0.4, -0.2) is 20.8 Å². The zero-order valence-corrected chi connectivity index (χ0v) is 12.2. The minimum atomic E-state index is 0.213. The van der Waals surface area contributed by atoms with E-state index in [1.807, 2.05) is 4.68 Å². The van der Waals surface area contributed by atoms with Gasteiger partial charge in [0, 0.05) is 19.0 Å². The van der Waals surface area contributed by atoms with Crippen LogP contribution in [0.15, 0.2) is 30.6 Å². The summed E-state index contributed by atoms with van der Waals surface area (Å²) in [5.74, 6) is 6.65. The fourth-order valence-corrected chi connectivity index (χ4v) is 2.38. The molecule has 0 saturated heterocycles. The second kappa shape index (κ2) is 7.17. The lowest BCUT2D eigenvalue weighted by atomic mass is 10.0. The Morgan fingerprint density at radius 1 is 1.40 bits per heavy atom. The zero-order valence-electron chi connectivity index (χ0n) is 12.2. The first-order valence-electron chi connectivity index (χ1n) is 7.11. The van der Waals surface area contributed by atoms with E-state index in [0.29, 0.717) is 0 Å². The van der Waals surface area contributed by atoms with E-state index in [1.165, 1.54) is 11.1 Å². The molecule has 5 heteroatoms.